The predicted octanol–water partition coefficient (Wildman–Crippen LogP) is 3.19. The van der Waals surface area contributed by atoms with E-state index in [1.54, 1.807) is 26.0 Å². The fourth-order valence-electron chi connectivity index (χ4n) is 3.21. The van der Waals surface area contributed by atoms with Gasteiger partial charge in [0.15, 0.2) is 0 Å². The minimum atomic E-state index is -0.774. The van der Waals surface area contributed by atoms with Crippen LogP contribution in [-0.4, -0.2) is 37.2 Å². The van der Waals surface area contributed by atoms with Crippen LogP contribution in [0.1, 0.15) is 40.0 Å². The van der Waals surface area contributed by atoms with Crippen LogP contribution in [0.2, 0.25) is 0 Å². The number of hydrogen-bond acceptors (Lipinski definition) is 6. The Morgan fingerprint density at radius 3 is 2.70 bits per heavy atom. The van der Waals surface area contributed by atoms with Crippen molar-refractivity contribution in [3.63, 3.8) is 0 Å². The molecular weight excluding hydrogens is 348 g/mol. The Morgan fingerprint density at radius 2 is 2.07 bits per heavy atom. The van der Waals surface area contributed by atoms with Crippen molar-refractivity contribution in [1.29, 1.82) is 0 Å². The molecule has 2 aliphatic rings. The monoisotopic (exact) mass is 374 g/mol. The highest BCUT2D eigenvalue weighted by Crippen LogP contribution is 2.36. The molecular formula is C21H26O6. The van der Waals surface area contributed by atoms with E-state index in [9.17, 15) is 14.4 Å². The third-order valence-corrected chi connectivity index (χ3v) is 4.92. The number of esters is 3. The molecule has 0 amide bonds. The molecule has 1 aliphatic heterocycles. The van der Waals surface area contributed by atoms with Crippen LogP contribution in [0.3, 0.4) is 0 Å². The predicted molar refractivity (Wildman–Crippen MR) is 99.5 cm³/mol. The van der Waals surface area contributed by atoms with E-state index in [0.717, 1.165) is 12.0 Å². The van der Waals surface area contributed by atoms with Crippen LogP contribution < -0.4 is 0 Å². The van der Waals surface area contributed by atoms with Crippen LogP contribution in [0.15, 0.2) is 47.1 Å². The molecule has 0 aromatic carbocycles. The van der Waals surface area contributed by atoms with Crippen molar-refractivity contribution in [2.45, 2.75) is 52.2 Å². The lowest BCUT2D eigenvalue weighted by Gasteiger charge is -2.27. The summed E-state index contributed by atoms with van der Waals surface area (Å²) in [6.45, 7) is 9.15. The highest BCUT2D eigenvalue weighted by atomic mass is 16.6. The minimum Gasteiger partial charge on any atom is -0.466 e. The first-order valence-corrected chi connectivity index (χ1v) is 8.96. The number of carbonyl (C=O) groups excluding carboxylic acids is 3. The number of hydrogen-bond donors (Lipinski definition) is 0. The summed E-state index contributed by atoms with van der Waals surface area (Å²) in [4.78, 5) is 36.7. The Balaban J connectivity index is 2.47. The Bertz CT molecular complexity index is 740. The quantitative estimate of drug-likeness (QED) is 0.327. The van der Waals surface area contributed by atoms with Gasteiger partial charge in [-0.2, -0.15) is 0 Å². The molecule has 146 valence electrons. The van der Waals surface area contributed by atoms with Gasteiger partial charge >= 0.3 is 17.9 Å². The van der Waals surface area contributed by atoms with Crippen LogP contribution in [0, 0.1) is 5.92 Å². The number of fused-ring (bicyclic) bond motifs is 1. The molecule has 1 aliphatic carbocycles. The first-order valence-electron chi connectivity index (χ1n) is 8.96. The molecule has 0 N–H and O–H groups in total. The summed E-state index contributed by atoms with van der Waals surface area (Å²) in [5, 5.41) is 0. The van der Waals surface area contributed by atoms with Gasteiger partial charge in [-0.3, -0.25) is 0 Å². The van der Waals surface area contributed by atoms with E-state index in [-0.39, 0.29) is 12.0 Å². The normalized spacial score (nSPS) is 30.2. The van der Waals surface area contributed by atoms with Gasteiger partial charge in [-0.15, -0.1) is 0 Å². The zero-order valence-electron chi connectivity index (χ0n) is 16.2. The SMILES string of the molecule is C=C1C(=O)O[C@@H]2/C=C(/C)CC/C=C(/C(=O)OC)C[C@@H](OC(=O)/C(C)=C/C)[C@@H]12. The van der Waals surface area contributed by atoms with E-state index in [0.29, 0.717) is 17.6 Å². The molecule has 0 aromatic heterocycles. The maximum atomic E-state index is 12.4. The van der Waals surface area contributed by atoms with E-state index < -0.39 is 36.0 Å². The molecule has 0 aromatic rings. The van der Waals surface area contributed by atoms with Crippen molar-refractivity contribution < 1.29 is 28.6 Å². The summed E-state index contributed by atoms with van der Waals surface area (Å²) in [6, 6.07) is 0. The van der Waals surface area contributed by atoms with Crippen molar-refractivity contribution in [1.82, 2.24) is 0 Å². The Kier molecular flexibility index (Phi) is 6.77. The number of carbonyl (C=O) groups is 3. The zero-order valence-corrected chi connectivity index (χ0v) is 16.2. The summed E-state index contributed by atoms with van der Waals surface area (Å²) < 4.78 is 16.0. The Morgan fingerprint density at radius 1 is 1.37 bits per heavy atom. The Hall–Kier alpha value is -2.63. The largest absolute Gasteiger partial charge is 0.466 e. The third kappa shape index (κ3) is 4.76. The van der Waals surface area contributed by atoms with Crippen LogP contribution in [0.5, 0.6) is 0 Å². The summed E-state index contributed by atoms with van der Waals surface area (Å²) in [6.07, 6.45) is 5.44. The molecule has 1 heterocycles. The van der Waals surface area contributed by atoms with Crippen molar-refractivity contribution in [3.8, 4) is 0 Å². The van der Waals surface area contributed by atoms with Gasteiger partial charge in [0.1, 0.15) is 12.2 Å². The number of allylic oxidation sites excluding steroid dienone is 3. The molecule has 6 nitrogen and oxygen atoms in total. The average Bonchev–Trinajstić information content (AvgIpc) is 2.91. The second-order valence-electron chi connectivity index (χ2n) is 6.81. The molecule has 3 atom stereocenters. The lowest BCUT2D eigenvalue weighted by Crippen LogP contribution is -2.34. The zero-order chi connectivity index (χ0) is 20.1. The minimum absolute atomic E-state index is 0.124. The van der Waals surface area contributed by atoms with E-state index in [2.05, 4.69) is 6.58 Å². The number of rotatable bonds is 3. The van der Waals surface area contributed by atoms with Gasteiger partial charge in [0.25, 0.3) is 0 Å². The van der Waals surface area contributed by atoms with E-state index in [1.807, 2.05) is 13.0 Å². The van der Waals surface area contributed by atoms with Gasteiger partial charge in [0, 0.05) is 23.1 Å². The molecule has 1 saturated heterocycles. The number of ether oxygens (including phenoxy) is 3. The third-order valence-electron chi connectivity index (χ3n) is 4.92. The standard InChI is InChI=1S/C21H26O6/c1-6-13(3)19(22)26-17-11-15(21(24)25-5)9-7-8-12(2)10-16-18(17)14(4)20(23)27-16/h6,9-10,16-18H,4,7-8,11H2,1-3,5H3/b12-10-,13-6+,15-9+/t16-,17-,18+/m1/s1. The summed E-state index contributed by atoms with van der Waals surface area (Å²) in [5.41, 5.74) is 2.11. The van der Waals surface area contributed by atoms with Gasteiger partial charge in [0.2, 0.25) is 0 Å². The van der Waals surface area contributed by atoms with Crippen LogP contribution in [0.4, 0.5) is 0 Å². The smallest absolute Gasteiger partial charge is 0.334 e. The molecule has 6 heteroatoms. The summed E-state index contributed by atoms with van der Waals surface area (Å²) >= 11 is 0. The van der Waals surface area contributed by atoms with Crippen molar-refractivity contribution >= 4 is 17.9 Å². The second kappa shape index (κ2) is 8.84. The summed E-state index contributed by atoms with van der Waals surface area (Å²) in [7, 11) is 1.31. The topological polar surface area (TPSA) is 78.9 Å². The van der Waals surface area contributed by atoms with Crippen LogP contribution in [-0.2, 0) is 28.6 Å². The second-order valence-corrected chi connectivity index (χ2v) is 6.81. The number of methoxy groups -OCH3 is 1. The van der Waals surface area contributed by atoms with Gasteiger partial charge in [-0.05, 0) is 39.7 Å². The molecule has 2 rings (SSSR count). The van der Waals surface area contributed by atoms with E-state index in [1.165, 1.54) is 7.11 Å². The highest BCUT2D eigenvalue weighted by molar-refractivity contribution is 5.92. The van der Waals surface area contributed by atoms with Crippen LogP contribution >= 0.6 is 0 Å². The van der Waals surface area contributed by atoms with Crippen LogP contribution in [0.25, 0.3) is 0 Å². The molecule has 0 bridgehead atoms. The fourth-order valence-corrected chi connectivity index (χ4v) is 3.21. The fraction of sp³-hybridized carbons (Fsp3) is 0.476. The van der Waals surface area contributed by atoms with Gasteiger partial charge < -0.3 is 14.2 Å². The summed E-state index contributed by atoms with van der Waals surface area (Å²) in [5.74, 6) is -2.06. The first-order chi connectivity index (χ1) is 12.8. The highest BCUT2D eigenvalue weighted by Gasteiger charge is 2.45. The molecule has 0 spiro atoms. The lowest BCUT2D eigenvalue weighted by molar-refractivity contribution is -0.148. The lowest BCUT2D eigenvalue weighted by atomic mass is 9.85. The van der Waals surface area contributed by atoms with Gasteiger partial charge in [0.05, 0.1) is 13.0 Å². The van der Waals surface area contributed by atoms with Crippen molar-refractivity contribution in [2.75, 3.05) is 7.11 Å². The molecule has 0 unspecified atom stereocenters. The maximum Gasteiger partial charge on any atom is 0.334 e. The molecule has 1 fully saturated rings. The van der Waals surface area contributed by atoms with Crippen molar-refractivity contribution in [2.24, 2.45) is 5.92 Å². The van der Waals surface area contributed by atoms with Gasteiger partial charge in [-0.25, -0.2) is 14.4 Å². The Labute approximate surface area is 159 Å². The maximum absolute atomic E-state index is 12.4. The van der Waals surface area contributed by atoms with E-state index >= 15 is 0 Å². The molecule has 27 heavy (non-hydrogen) atoms. The molecule has 0 radical (unpaired) electrons. The van der Waals surface area contributed by atoms with Gasteiger partial charge in [-0.1, -0.05) is 24.3 Å². The van der Waals surface area contributed by atoms with E-state index in [4.69, 9.17) is 14.2 Å². The first kappa shape index (κ1) is 20.7. The average molecular weight is 374 g/mol. The van der Waals surface area contributed by atoms with Crippen molar-refractivity contribution in [3.05, 3.63) is 47.1 Å². The molecule has 0 saturated carbocycles.